The first-order valence-electron chi connectivity index (χ1n) is 6.49. The summed E-state index contributed by atoms with van der Waals surface area (Å²) in [7, 11) is 0. The number of rotatable bonds is 2. The van der Waals surface area contributed by atoms with Crippen LogP contribution in [0.3, 0.4) is 0 Å². The van der Waals surface area contributed by atoms with Gasteiger partial charge in [0.25, 0.3) is 5.91 Å². The van der Waals surface area contributed by atoms with Crippen molar-refractivity contribution in [3.05, 3.63) is 57.0 Å². The summed E-state index contributed by atoms with van der Waals surface area (Å²) in [5, 5.41) is 5.57. The van der Waals surface area contributed by atoms with Gasteiger partial charge in [-0.3, -0.25) is 4.79 Å². The Labute approximate surface area is 136 Å². The molecule has 0 fully saturated rings. The second-order valence-electron chi connectivity index (χ2n) is 4.79. The normalized spacial score (nSPS) is 16.2. The summed E-state index contributed by atoms with van der Waals surface area (Å²) in [6.07, 6.45) is 1.43. The summed E-state index contributed by atoms with van der Waals surface area (Å²) in [6.45, 7) is 1.39. The maximum absolute atomic E-state index is 13.9. The van der Waals surface area contributed by atoms with E-state index in [9.17, 15) is 26.7 Å². The van der Waals surface area contributed by atoms with Crippen LogP contribution in [-0.4, -0.2) is 11.6 Å². The molecule has 24 heavy (non-hydrogen) atoms. The Kier molecular flexibility index (Phi) is 3.96. The van der Waals surface area contributed by atoms with Crippen molar-refractivity contribution in [2.24, 2.45) is 5.10 Å². The van der Waals surface area contributed by atoms with Gasteiger partial charge in [0, 0.05) is 4.88 Å². The summed E-state index contributed by atoms with van der Waals surface area (Å²) >= 11 is 1.30. The molecule has 0 saturated heterocycles. The molecule has 0 N–H and O–H groups in total. The number of hydrogen-bond donors (Lipinski definition) is 0. The lowest BCUT2D eigenvalue weighted by atomic mass is 10.1. The minimum absolute atomic E-state index is 0.00129. The van der Waals surface area contributed by atoms with Crippen LogP contribution in [0.2, 0.25) is 0 Å². The van der Waals surface area contributed by atoms with Crippen LogP contribution in [0.4, 0.5) is 27.6 Å². The van der Waals surface area contributed by atoms with Crippen LogP contribution in [0.15, 0.2) is 28.2 Å². The van der Waals surface area contributed by atoms with E-state index in [4.69, 9.17) is 0 Å². The third kappa shape index (κ3) is 2.41. The van der Waals surface area contributed by atoms with Crippen LogP contribution in [0, 0.1) is 29.1 Å². The quantitative estimate of drug-likeness (QED) is 0.342. The molecule has 0 radical (unpaired) electrons. The number of carbonyl (C=O) groups is 1. The van der Waals surface area contributed by atoms with E-state index in [0.717, 1.165) is 0 Å². The van der Waals surface area contributed by atoms with E-state index in [1.54, 1.807) is 17.5 Å². The third-order valence-electron chi connectivity index (χ3n) is 3.29. The van der Waals surface area contributed by atoms with Crippen LogP contribution in [0.1, 0.15) is 11.8 Å². The standard InChI is InChI=1S/C15H7F5N2OS/c1-6-8(5-7-3-2-4-24-7)15(23)22(21-6)14-12(19)10(17)9(16)11(18)13(14)20/h2-5H,1H3/b8-5+. The molecular weight excluding hydrogens is 351 g/mol. The molecule has 2 heterocycles. The molecular formula is C15H7F5N2OS. The summed E-state index contributed by atoms with van der Waals surface area (Å²) in [5.74, 6) is -11.8. The largest absolute Gasteiger partial charge is 0.280 e. The lowest BCUT2D eigenvalue weighted by Gasteiger charge is -2.15. The molecule has 1 amide bonds. The van der Waals surface area contributed by atoms with Crippen molar-refractivity contribution in [2.75, 3.05) is 5.01 Å². The average molecular weight is 358 g/mol. The molecule has 9 heteroatoms. The second-order valence-corrected chi connectivity index (χ2v) is 5.77. The summed E-state index contributed by atoms with van der Waals surface area (Å²) in [5.41, 5.74) is -1.30. The van der Waals surface area contributed by atoms with Crippen molar-refractivity contribution in [1.82, 2.24) is 0 Å². The van der Waals surface area contributed by atoms with Gasteiger partial charge in [0.1, 0.15) is 5.69 Å². The van der Waals surface area contributed by atoms with Crippen LogP contribution >= 0.6 is 11.3 Å². The van der Waals surface area contributed by atoms with E-state index in [0.29, 0.717) is 4.88 Å². The molecule has 2 aromatic rings. The molecule has 1 aromatic carbocycles. The van der Waals surface area contributed by atoms with E-state index >= 15 is 0 Å². The zero-order valence-electron chi connectivity index (χ0n) is 11.9. The molecule has 1 aliphatic rings. The number of halogens is 5. The number of hydrogen-bond acceptors (Lipinski definition) is 3. The molecule has 0 aliphatic carbocycles. The van der Waals surface area contributed by atoms with Crippen LogP contribution < -0.4 is 5.01 Å². The van der Waals surface area contributed by atoms with Crippen molar-refractivity contribution in [3.8, 4) is 0 Å². The first-order valence-corrected chi connectivity index (χ1v) is 7.37. The third-order valence-corrected chi connectivity index (χ3v) is 4.11. The van der Waals surface area contributed by atoms with Crippen molar-refractivity contribution >= 4 is 34.7 Å². The SMILES string of the molecule is CC1=NN(c2c(F)c(F)c(F)c(F)c2F)C(=O)/C1=C/c1cccs1. The summed E-state index contributed by atoms with van der Waals surface area (Å²) < 4.78 is 67.5. The highest BCUT2D eigenvalue weighted by Gasteiger charge is 2.36. The lowest BCUT2D eigenvalue weighted by Crippen LogP contribution is -2.25. The molecule has 0 saturated carbocycles. The van der Waals surface area contributed by atoms with E-state index < -0.39 is 40.7 Å². The Balaban J connectivity index is 2.12. The first kappa shape index (κ1) is 16.3. The van der Waals surface area contributed by atoms with E-state index in [-0.39, 0.29) is 16.3 Å². The summed E-state index contributed by atoms with van der Waals surface area (Å²) in [4.78, 5) is 13.0. The molecule has 0 bridgehead atoms. The highest BCUT2D eigenvalue weighted by molar-refractivity contribution is 7.10. The number of thiophene rings is 1. The van der Waals surface area contributed by atoms with Gasteiger partial charge in [0.05, 0.1) is 11.3 Å². The van der Waals surface area contributed by atoms with Crippen LogP contribution in [0.25, 0.3) is 6.08 Å². The highest BCUT2D eigenvalue weighted by Crippen LogP contribution is 2.34. The molecule has 0 unspecified atom stereocenters. The monoisotopic (exact) mass is 358 g/mol. The molecule has 1 aromatic heterocycles. The Morgan fingerprint density at radius 3 is 2.17 bits per heavy atom. The van der Waals surface area contributed by atoms with Crippen molar-refractivity contribution in [3.63, 3.8) is 0 Å². The molecule has 0 spiro atoms. The van der Waals surface area contributed by atoms with Crippen molar-refractivity contribution in [1.29, 1.82) is 0 Å². The van der Waals surface area contributed by atoms with Gasteiger partial charge in [-0.15, -0.1) is 11.3 Å². The Hall–Kier alpha value is -2.55. The highest BCUT2D eigenvalue weighted by atomic mass is 32.1. The smallest absolute Gasteiger partial charge is 0.267 e. The Bertz CT molecular complexity index is 876. The fourth-order valence-corrected chi connectivity index (χ4v) is 2.79. The minimum atomic E-state index is -2.30. The maximum Gasteiger partial charge on any atom is 0.280 e. The van der Waals surface area contributed by atoms with Crippen LogP contribution in [0.5, 0.6) is 0 Å². The van der Waals surface area contributed by atoms with Crippen LogP contribution in [-0.2, 0) is 4.79 Å². The first-order chi connectivity index (χ1) is 11.3. The molecule has 0 atom stereocenters. The number of amides is 1. The molecule has 1 aliphatic heterocycles. The van der Waals surface area contributed by atoms with Crippen molar-refractivity contribution < 1.29 is 26.7 Å². The predicted molar refractivity (Wildman–Crippen MR) is 79.1 cm³/mol. The minimum Gasteiger partial charge on any atom is -0.267 e. The van der Waals surface area contributed by atoms with E-state index in [1.807, 2.05) is 0 Å². The molecule has 3 rings (SSSR count). The zero-order valence-corrected chi connectivity index (χ0v) is 12.7. The van der Waals surface area contributed by atoms with Gasteiger partial charge >= 0.3 is 0 Å². The average Bonchev–Trinajstić information content (AvgIpc) is 3.16. The van der Waals surface area contributed by atoms with Gasteiger partial charge in [-0.2, -0.15) is 10.1 Å². The number of benzene rings is 1. The van der Waals surface area contributed by atoms with Gasteiger partial charge in [0.2, 0.25) is 5.82 Å². The van der Waals surface area contributed by atoms with Gasteiger partial charge < -0.3 is 0 Å². The fourth-order valence-electron chi connectivity index (χ4n) is 2.13. The van der Waals surface area contributed by atoms with E-state index in [1.165, 1.54) is 24.3 Å². The maximum atomic E-state index is 13.9. The van der Waals surface area contributed by atoms with Gasteiger partial charge in [0.15, 0.2) is 23.3 Å². The second kappa shape index (κ2) is 5.82. The van der Waals surface area contributed by atoms with Gasteiger partial charge in [-0.05, 0) is 24.4 Å². The zero-order chi connectivity index (χ0) is 17.6. The van der Waals surface area contributed by atoms with Gasteiger partial charge in [-0.25, -0.2) is 22.0 Å². The number of hydrazone groups is 1. The number of nitrogens with zero attached hydrogens (tertiary/aromatic N) is 2. The summed E-state index contributed by atoms with van der Waals surface area (Å²) in [6, 6.07) is 3.42. The van der Waals surface area contributed by atoms with Crippen molar-refractivity contribution in [2.45, 2.75) is 6.92 Å². The molecule has 3 nitrogen and oxygen atoms in total. The number of anilines is 1. The van der Waals surface area contributed by atoms with Gasteiger partial charge in [-0.1, -0.05) is 6.07 Å². The topological polar surface area (TPSA) is 32.7 Å². The Morgan fingerprint density at radius 1 is 1.04 bits per heavy atom. The molecule has 124 valence electrons. The lowest BCUT2D eigenvalue weighted by molar-refractivity contribution is -0.114. The Morgan fingerprint density at radius 2 is 1.62 bits per heavy atom. The van der Waals surface area contributed by atoms with E-state index in [2.05, 4.69) is 5.10 Å². The number of carbonyl (C=O) groups excluding carboxylic acids is 1. The predicted octanol–water partition coefficient (Wildman–Crippen LogP) is 4.25. The fraction of sp³-hybridized carbons (Fsp3) is 0.0667.